The molecule has 1 unspecified atom stereocenters. The van der Waals surface area contributed by atoms with Gasteiger partial charge in [-0.3, -0.25) is 14.5 Å². The molecule has 0 aliphatic carbocycles. The topological polar surface area (TPSA) is 64.7 Å². The van der Waals surface area contributed by atoms with Crippen molar-refractivity contribution in [3.05, 3.63) is 29.8 Å². The second-order valence-corrected chi connectivity index (χ2v) is 8.54. The van der Waals surface area contributed by atoms with Gasteiger partial charge in [-0.15, -0.1) is 0 Å². The zero-order valence-corrected chi connectivity index (χ0v) is 17.1. The monoisotopic (exact) mass is 446 g/mol. The average Bonchev–Trinajstić information content (AvgIpc) is 2.96. The highest BCUT2D eigenvalue weighted by Crippen LogP contribution is 2.34. The summed E-state index contributed by atoms with van der Waals surface area (Å²) in [4.78, 5) is 28.5. The SMILES string of the molecule is O=C(CN1CCCN(C(=O)C2CSC(=S)N2)CC1)Nc1ccccc1C(F)(F)F. The fourth-order valence-corrected chi connectivity index (χ4v) is 4.44. The van der Waals surface area contributed by atoms with E-state index in [1.807, 2.05) is 4.90 Å². The number of anilines is 1. The summed E-state index contributed by atoms with van der Waals surface area (Å²) in [6, 6.07) is 4.58. The Morgan fingerprint density at radius 1 is 1.21 bits per heavy atom. The summed E-state index contributed by atoms with van der Waals surface area (Å²) in [5.41, 5.74) is -1.13. The van der Waals surface area contributed by atoms with E-state index in [9.17, 15) is 22.8 Å². The largest absolute Gasteiger partial charge is 0.418 e. The number of thioether (sulfide) groups is 1. The van der Waals surface area contributed by atoms with Gasteiger partial charge in [-0.1, -0.05) is 36.1 Å². The van der Waals surface area contributed by atoms with E-state index in [2.05, 4.69) is 10.6 Å². The summed E-state index contributed by atoms with van der Waals surface area (Å²) in [6.45, 7) is 2.06. The van der Waals surface area contributed by atoms with Crippen molar-refractivity contribution >= 4 is 45.8 Å². The van der Waals surface area contributed by atoms with Crippen LogP contribution in [0.15, 0.2) is 24.3 Å². The molecule has 0 spiro atoms. The highest BCUT2D eigenvalue weighted by atomic mass is 32.2. The first-order chi connectivity index (χ1) is 13.7. The Bertz CT molecular complexity index is 791. The van der Waals surface area contributed by atoms with Gasteiger partial charge in [-0.2, -0.15) is 13.2 Å². The molecular weight excluding hydrogens is 425 g/mol. The van der Waals surface area contributed by atoms with E-state index < -0.39 is 17.6 Å². The van der Waals surface area contributed by atoms with Crippen LogP contribution in [0.4, 0.5) is 18.9 Å². The van der Waals surface area contributed by atoms with E-state index in [-0.39, 0.29) is 24.2 Å². The number of carbonyl (C=O) groups excluding carboxylic acids is 2. The number of benzene rings is 1. The molecule has 0 radical (unpaired) electrons. The number of nitrogens with one attached hydrogen (secondary N) is 2. The molecule has 0 bridgehead atoms. The fourth-order valence-electron chi connectivity index (χ4n) is 3.32. The van der Waals surface area contributed by atoms with Gasteiger partial charge in [0.05, 0.1) is 17.8 Å². The van der Waals surface area contributed by atoms with E-state index in [0.717, 1.165) is 6.07 Å². The first kappa shape index (κ1) is 21.8. The van der Waals surface area contributed by atoms with Gasteiger partial charge < -0.3 is 15.5 Å². The summed E-state index contributed by atoms with van der Waals surface area (Å²) in [5.74, 6) is 0.0854. The maximum atomic E-state index is 13.1. The number of rotatable bonds is 4. The number of carbonyl (C=O) groups is 2. The summed E-state index contributed by atoms with van der Waals surface area (Å²) in [6.07, 6.45) is -3.86. The summed E-state index contributed by atoms with van der Waals surface area (Å²) >= 11 is 6.50. The van der Waals surface area contributed by atoms with Gasteiger partial charge in [-0.05, 0) is 18.6 Å². The second-order valence-electron chi connectivity index (χ2n) is 6.84. The lowest BCUT2D eigenvalue weighted by molar-refractivity contribution is -0.137. The summed E-state index contributed by atoms with van der Waals surface area (Å²) in [5, 5.41) is 5.35. The molecule has 6 nitrogen and oxygen atoms in total. The van der Waals surface area contributed by atoms with Crippen molar-refractivity contribution in [2.24, 2.45) is 0 Å². The molecule has 2 heterocycles. The van der Waals surface area contributed by atoms with Crippen molar-refractivity contribution in [1.29, 1.82) is 0 Å². The van der Waals surface area contributed by atoms with Gasteiger partial charge in [-0.25, -0.2) is 0 Å². The minimum atomic E-state index is -4.54. The number of hydrogen-bond donors (Lipinski definition) is 2. The first-order valence-electron chi connectivity index (χ1n) is 9.14. The lowest BCUT2D eigenvalue weighted by atomic mass is 10.1. The number of halogens is 3. The summed E-state index contributed by atoms with van der Waals surface area (Å²) < 4.78 is 39.8. The molecule has 2 saturated heterocycles. The standard InChI is InChI=1S/C18H21F3N4O2S2/c19-18(20,21)12-4-1-2-5-13(12)22-15(26)10-24-6-3-7-25(9-8-24)16(27)14-11-29-17(28)23-14/h1-2,4-5,14H,3,6-11H2,(H,22,26)(H,23,28). The molecule has 1 aromatic carbocycles. The first-order valence-corrected chi connectivity index (χ1v) is 10.5. The Hall–Kier alpha value is -1.85. The quantitative estimate of drug-likeness (QED) is 0.692. The molecule has 2 fully saturated rings. The van der Waals surface area contributed by atoms with Crippen LogP contribution in [0.1, 0.15) is 12.0 Å². The molecule has 1 aromatic rings. The second kappa shape index (κ2) is 9.31. The Balaban J connectivity index is 1.53. The normalized spacial score (nSPS) is 20.9. The van der Waals surface area contributed by atoms with E-state index in [4.69, 9.17) is 12.2 Å². The minimum Gasteiger partial charge on any atom is -0.359 e. The van der Waals surface area contributed by atoms with Crippen molar-refractivity contribution < 1.29 is 22.8 Å². The average molecular weight is 447 g/mol. The van der Waals surface area contributed by atoms with Crippen LogP contribution < -0.4 is 10.6 Å². The maximum absolute atomic E-state index is 13.1. The lowest BCUT2D eigenvalue weighted by Gasteiger charge is -2.24. The van der Waals surface area contributed by atoms with Gasteiger partial charge >= 0.3 is 6.18 Å². The minimum absolute atomic E-state index is 0.0113. The highest BCUT2D eigenvalue weighted by Gasteiger charge is 2.34. The lowest BCUT2D eigenvalue weighted by Crippen LogP contribution is -2.47. The van der Waals surface area contributed by atoms with E-state index >= 15 is 0 Å². The van der Waals surface area contributed by atoms with Gasteiger partial charge in [0.15, 0.2) is 0 Å². The molecule has 2 aliphatic rings. The zero-order chi connectivity index (χ0) is 21.0. The van der Waals surface area contributed by atoms with Crippen LogP contribution >= 0.6 is 24.0 Å². The Labute approximate surface area is 176 Å². The summed E-state index contributed by atoms with van der Waals surface area (Å²) in [7, 11) is 0. The van der Waals surface area contributed by atoms with Crippen molar-refractivity contribution in [3.63, 3.8) is 0 Å². The highest BCUT2D eigenvalue weighted by molar-refractivity contribution is 8.23. The number of hydrogen-bond acceptors (Lipinski definition) is 5. The van der Waals surface area contributed by atoms with Crippen molar-refractivity contribution in [3.8, 4) is 0 Å². The molecule has 2 N–H and O–H groups in total. The van der Waals surface area contributed by atoms with Gasteiger partial charge in [0.1, 0.15) is 10.4 Å². The molecule has 1 atom stereocenters. The van der Waals surface area contributed by atoms with Crippen LogP contribution in [-0.4, -0.2) is 70.5 Å². The Kier molecular flexibility index (Phi) is 7.01. The van der Waals surface area contributed by atoms with E-state index in [1.54, 1.807) is 4.90 Å². The number of amides is 2. The van der Waals surface area contributed by atoms with Crippen molar-refractivity contribution in [1.82, 2.24) is 15.1 Å². The third-order valence-corrected chi connectivity index (χ3v) is 6.10. The van der Waals surface area contributed by atoms with E-state index in [1.165, 1.54) is 30.0 Å². The number of para-hydroxylation sites is 1. The number of alkyl halides is 3. The Morgan fingerprint density at radius 2 is 1.97 bits per heavy atom. The van der Waals surface area contributed by atoms with Gasteiger partial charge in [0.2, 0.25) is 11.8 Å². The molecule has 0 saturated carbocycles. The fraction of sp³-hybridized carbons (Fsp3) is 0.500. The third-order valence-electron chi connectivity index (χ3n) is 4.75. The smallest absolute Gasteiger partial charge is 0.359 e. The van der Waals surface area contributed by atoms with E-state index in [0.29, 0.717) is 42.7 Å². The van der Waals surface area contributed by atoms with Crippen LogP contribution in [0.5, 0.6) is 0 Å². The maximum Gasteiger partial charge on any atom is 0.418 e. The molecule has 11 heteroatoms. The Morgan fingerprint density at radius 3 is 2.66 bits per heavy atom. The van der Waals surface area contributed by atoms with Crippen molar-refractivity contribution in [2.75, 3.05) is 43.8 Å². The molecular formula is C18H21F3N4O2S2. The van der Waals surface area contributed by atoms with Crippen LogP contribution in [0.3, 0.4) is 0 Å². The van der Waals surface area contributed by atoms with Crippen LogP contribution in [0.25, 0.3) is 0 Å². The van der Waals surface area contributed by atoms with Crippen LogP contribution in [-0.2, 0) is 15.8 Å². The van der Waals surface area contributed by atoms with Gasteiger partial charge in [0.25, 0.3) is 0 Å². The number of nitrogens with zero attached hydrogens (tertiary/aromatic N) is 2. The molecule has 3 rings (SSSR count). The molecule has 2 aliphatic heterocycles. The molecule has 2 amide bonds. The molecule has 0 aromatic heterocycles. The van der Waals surface area contributed by atoms with Crippen LogP contribution in [0.2, 0.25) is 0 Å². The molecule has 29 heavy (non-hydrogen) atoms. The predicted octanol–water partition coefficient (Wildman–Crippen LogP) is 2.17. The third kappa shape index (κ3) is 5.83. The predicted molar refractivity (Wildman–Crippen MR) is 110 cm³/mol. The van der Waals surface area contributed by atoms with Crippen LogP contribution in [0, 0.1) is 0 Å². The molecule has 158 valence electrons. The number of thiocarbonyl (C=S) groups is 1. The van der Waals surface area contributed by atoms with Crippen molar-refractivity contribution in [2.45, 2.75) is 18.6 Å². The van der Waals surface area contributed by atoms with Gasteiger partial charge in [0, 0.05) is 31.9 Å². The zero-order valence-electron chi connectivity index (χ0n) is 15.5.